The van der Waals surface area contributed by atoms with Crippen LogP contribution in [0.25, 0.3) is 0 Å². The predicted molar refractivity (Wildman–Crippen MR) is 55.7 cm³/mol. The average Bonchev–Trinajstić information content (AvgIpc) is 2.47. The maximum Gasteiger partial charge on any atom is 0.231 e. The van der Waals surface area contributed by atoms with Crippen LogP contribution in [0.3, 0.4) is 0 Å². The first-order valence-corrected chi connectivity index (χ1v) is 4.68. The summed E-state index contributed by atoms with van der Waals surface area (Å²) in [5.74, 6) is 1.54. The Hall–Kier alpha value is -1.38. The van der Waals surface area contributed by atoms with Gasteiger partial charge in [-0.05, 0) is 17.0 Å². The first-order valence-electron chi connectivity index (χ1n) is 4.68. The molecule has 0 saturated carbocycles. The van der Waals surface area contributed by atoms with Crippen LogP contribution in [0.15, 0.2) is 12.1 Å². The fourth-order valence-corrected chi connectivity index (χ4v) is 1.61. The van der Waals surface area contributed by atoms with E-state index in [1.807, 2.05) is 12.1 Å². The van der Waals surface area contributed by atoms with Gasteiger partial charge in [0.25, 0.3) is 0 Å². The predicted octanol–water partition coefficient (Wildman–Crippen LogP) is 2.29. The zero-order chi connectivity index (χ0) is 10.3. The van der Waals surface area contributed by atoms with Gasteiger partial charge in [0.05, 0.1) is 0 Å². The standard InChI is InChI=1S/C11H15NO2/c1-11(2,3)7-4-9-10(5-8(7)12)14-6-13-9/h4-5H,6,12H2,1-3H3. The van der Waals surface area contributed by atoms with Crippen LogP contribution in [0.1, 0.15) is 26.3 Å². The molecule has 3 heteroatoms. The highest BCUT2D eigenvalue weighted by Gasteiger charge is 2.22. The summed E-state index contributed by atoms with van der Waals surface area (Å²) in [5, 5.41) is 0. The van der Waals surface area contributed by atoms with Gasteiger partial charge in [-0.2, -0.15) is 0 Å². The fraction of sp³-hybridized carbons (Fsp3) is 0.455. The van der Waals surface area contributed by atoms with Gasteiger partial charge in [0.15, 0.2) is 11.5 Å². The molecule has 1 aliphatic rings. The molecule has 1 aliphatic heterocycles. The summed E-state index contributed by atoms with van der Waals surface area (Å²) in [6, 6.07) is 3.81. The molecule has 0 spiro atoms. The van der Waals surface area contributed by atoms with Crippen molar-refractivity contribution in [3.05, 3.63) is 17.7 Å². The molecule has 14 heavy (non-hydrogen) atoms. The minimum atomic E-state index is 0.0328. The number of nitrogens with two attached hydrogens (primary N) is 1. The molecular formula is C11H15NO2. The average molecular weight is 193 g/mol. The number of hydrogen-bond donors (Lipinski definition) is 1. The second-order valence-electron chi connectivity index (χ2n) is 4.54. The van der Waals surface area contributed by atoms with E-state index in [-0.39, 0.29) is 5.41 Å². The molecule has 2 rings (SSSR count). The Morgan fingerprint density at radius 3 is 2.29 bits per heavy atom. The number of benzene rings is 1. The quantitative estimate of drug-likeness (QED) is 0.643. The molecular weight excluding hydrogens is 178 g/mol. The first-order chi connectivity index (χ1) is 6.48. The molecule has 1 aromatic carbocycles. The Morgan fingerprint density at radius 2 is 1.71 bits per heavy atom. The molecule has 1 heterocycles. The van der Waals surface area contributed by atoms with E-state index in [0.29, 0.717) is 6.79 Å². The Balaban J connectivity index is 2.53. The largest absolute Gasteiger partial charge is 0.454 e. The van der Waals surface area contributed by atoms with Crippen molar-refractivity contribution >= 4 is 5.69 Å². The van der Waals surface area contributed by atoms with E-state index in [2.05, 4.69) is 20.8 Å². The molecule has 0 saturated heterocycles. The molecule has 0 amide bonds. The SMILES string of the molecule is CC(C)(C)c1cc2c(cc1N)OCO2. The second-order valence-corrected chi connectivity index (χ2v) is 4.54. The molecule has 2 N–H and O–H groups in total. The van der Waals surface area contributed by atoms with Gasteiger partial charge in [-0.1, -0.05) is 20.8 Å². The van der Waals surface area contributed by atoms with Crippen molar-refractivity contribution in [3.8, 4) is 11.5 Å². The zero-order valence-electron chi connectivity index (χ0n) is 8.76. The van der Waals surface area contributed by atoms with Crippen LogP contribution < -0.4 is 15.2 Å². The van der Waals surface area contributed by atoms with Crippen molar-refractivity contribution in [2.24, 2.45) is 0 Å². The fourth-order valence-electron chi connectivity index (χ4n) is 1.61. The van der Waals surface area contributed by atoms with Crippen molar-refractivity contribution in [1.82, 2.24) is 0 Å². The topological polar surface area (TPSA) is 44.5 Å². The maximum atomic E-state index is 5.94. The molecule has 1 aromatic rings. The number of ether oxygens (including phenoxy) is 2. The van der Waals surface area contributed by atoms with Crippen LogP contribution in [-0.2, 0) is 5.41 Å². The molecule has 0 unspecified atom stereocenters. The van der Waals surface area contributed by atoms with E-state index in [1.165, 1.54) is 0 Å². The summed E-state index contributed by atoms with van der Waals surface area (Å²) < 4.78 is 10.6. The van der Waals surface area contributed by atoms with Crippen LogP contribution in [0.5, 0.6) is 11.5 Å². The Bertz CT molecular complexity index is 366. The van der Waals surface area contributed by atoms with Gasteiger partial charge in [-0.25, -0.2) is 0 Å². The molecule has 0 radical (unpaired) electrons. The molecule has 3 nitrogen and oxygen atoms in total. The summed E-state index contributed by atoms with van der Waals surface area (Å²) in [6.07, 6.45) is 0. The monoisotopic (exact) mass is 193 g/mol. The smallest absolute Gasteiger partial charge is 0.231 e. The van der Waals surface area contributed by atoms with Gasteiger partial charge in [0.2, 0.25) is 6.79 Å². The summed E-state index contributed by atoms with van der Waals surface area (Å²) in [4.78, 5) is 0. The molecule has 0 bridgehead atoms. The van der Waals surface area contributed by atoms with E-state index in [1.54, 1.807) is 0 Å². The third-order valence-corrected chi connectivity index (χ3v) is 2.35. The molecule has 0 atom stereocenters. The molecule has 0 aliphatic carbocycles. The van der Waals surface area contributed by atoms with Crippen molar-refractivity contribution in [3.63, 3.8) is 0 Å². The van der Waals surface area contributed by atoms with Gasteiger partial charge < -0.3 is 15.2 Å². The minimum absolute atomic E-state index is 0.0328. The highest BCUT2D eigenvalue weighted by atomic mass is 16.7. The Labute approximate surface area is 83.8 Å². The molecule has 0 fully saturated rings. The number of fused-ring (bicyclic) bond motifs is 1. The van der Waals surface area contributed by atoms with E-state index >= 15 is 0 Å². The molecule has 76 valence electrons. The number of anilines is 1. The van der Waals surface area contributed by atoms with Crippen LogP contribution in [0.2, 0.25) is 0 Å². The van der Waals surface area contributed by atoms with E-state index in [4.69, 9.17) is 15.2 Å². The third kappa shape index (κ3) is 1.39. The molecule has 0 aromatic heterocycles. The lowest BCUT2D eigenvalue weighted by molar-refractivity contribution is 0.174. The van der Waals surface area contributed by atoms with Gasteiger partial charge in [-0.15, -0.1) is 0 Å². The van der Waals surface area contributed by atoms with Crippen LogP contribution in [0.4, 0.5) is 5.69 Å². The minimum Gasteiger partial charge on any atom is -0.454 e. The summed E-state index contributed by atoms with van der Waals surface area (Å²) >= 11 is 0. The zero-order valence-corrected chi connectivity index (χ0v) is 8.76. The number of hydrogen-bond acceptors (Lipinski definition) is 3. The van der Waals surface area contributed by atoms with E-state index < -0.39 is 0 Å². The summed E-state index contributed by atoms with van der Waals surface area (Å²) in [5.41, 5.74) is 7.84. The van der Waals surface area contributed by atoms with Gasteiger partial charge >= 0.3 is 0 Å². The number of nitrogen functional groups attached to an aromatic ring is 1. The van der Waals surface area contributed by atoms with Crippen molar-refractivity contribution in [2.45, 2.75) is 26.2 Å². The lowest BCUT2D eigenvalue weighted by Gasteiger charge is -2.21. The lowest BCUT2D eigenvalue weighted by Crippen LogP contribution is -2.13. The summed E-state index contributed by atoms with van der Waals surface area (Å²) in [6.45, 7) is 6.67. The van der Waals surface area contributed by atoms with Crippen molar-refractivity contribution in [1.29, 1.82) is 0 Å². The van der Waals surface area contributed by atoms with Crippen LogP contribution >= 0.6 is 0 Å². The van der Waals surface area contributed by atoms with Gasteiger partial charge in [0.1, 0.15) is 0 Å². The Morgan fingerprint density at radius 1 is 1.14 bits per heavy atom. The van der Waals surface area contributed by atoms with Gasteiger partial charge in [0, 0.05) is 11.8 Å². The first kappa shape index (κ1) is 9.19. The third-order valence-electron chi connectivity index (χ3n) is 2.35. The van der Waals surface area contributed by atoms with E-state index in [0.717, 1.165) is 22.7 Å². The normalized spacial score (nSPS) is 14.5. The number of rotatable bonds is 0. The van der Waals surface area contributed by atoms with Gasteiger partial charge in [-0.3, -0.25) is 0 Å². The van der Waals surface area contributed by atoms with Crippen molar-refractivity contribution in [2.75, 3.05) is 12.5 Å². The highest BCUT2D eigenvalue weighted by molar-refractivity contribution is 5.60. The van der Waals surface area contributed by atoms with Crippen LogP contribution in [0, 0.1) is 0 Å². The van der Waals surface area contributed by atoms with Crippen LogP contribution in [-0.4, -0.2) is 6.79 Å². The lowest BCUT2D eigenvalue weighted by atomic mass is 9.85. The Kier molecular flexibility index (Phi) is 1.84. The summed E-state index contributed by atoms with van der Waals surface area (Å²) in [7, 11) is 0. The van der Waals surface area contributed by atoms with E-state index in [9.17, 15) is 0 Å². The van der Waals surface area contributed by atoms with Crippen molar-refractivity contribution < 1.29 is 9.47 Å². The maximum absolute atomic E-state index is 5.94. The highest BCUT2D eigenvalue weighted by Crippen LogP contribution is 2.39. The second kappa shape index (κ2) is 2.80.